The molecule has 144 valence electrons. The zero-order valence-electron chi connectivity index (χ0n) is 14.6. The number of anilines is 1. The number of pyridine rings is 1. The van der Waals surface area contributed by atoms with Crippen LogP contribution in [0, 0.1) is 0 Å². The number of hydrogen-bond donors (Lipinski definition) is 2. The molecule has 0 saturated heterocycles. The van der Waals surface area contributed by atoms with E-state index in [0.717, 1.165) is 24.0 Å². The van der Waals surface area contributed by atoms with Gasteiger partial charge in [-0.2, -0.15) is 13.2 Å². The molecule has 27 heavy (non-hydrogen) atoms. The minimum atomic E-state index is -4.45. The standard InChI is InChI=1S/C18H18F3N3O2S/c1-11(2)23-17(26)13-5-3-4-6-14(13)24-15(25)10-27-16-8-7-12(9-22-16)18(19,20)21/h3-9,11H,10H2,1-2H3,(H,23,26)(H,24,25). The average Bonchev–Trinajstić information content (AvgIpc) is 2.59. The Morgan fingerprint density at radius 2 is 1.85 bits per heavy atom. The predicted molar refractivity (Wildman–Crippen MR) is 97.6 cm³/mol. The second kappa shape index (κ2) is 8.90. The molecule has 0 spiro atoms. The van der Waals surface area contributed by atoms with Crippen molar-refractivity contribution in [3.05, 3.63) is 53.7 Å². The Kier molecular flexibility index (Phi) is 6.84. The molecule has 2 amide bonds. The van der Waals surface area contributed by atoms with E-state index in [-0.39, 0.29) is 17.7 Å². The number of halogens is 3. The summed E-state index contributed by atoms with van der Waals surface area (Å²) >= 11 is 1.00. The molecule has 1 heterocycles. The van der Waals surface area contributed by atoms with Crippen LogP contribution in [0.15, 0.2) is 47.6 Å². The van der Waals surface area contributed by atoms with Gasteiger partial charge in [-0.3, -0.25) is 9.59 Å². The van der Waals surface area contributed by atoms with Crippen LogP contribution in [-0.2, 0) is 11.0 Å². The van der Waals surface area contributed by atoms with Gasteiger partial charge in [0, 0.05) is 12.2 Å². The highest BCUT2D eigenvalue weighted by Crippen LogP contribution is 2.29. The molecular weight excluding hydrogens is 379 g/mol. The minimum Gasteiger partial charge on any atom is -0.350 e. The Morgan fingerprint density at radius 1 is 1.15 bits per heavy atom. The van der Waals surface area contributed by atoms with E-state index in [9.17, 15) is 22.8 Å². The minimum absolute atomic E-state index is 0.0532. The maximum atomic E-state index is 12.5. The number of nitrogens with one attached hydrogen (secondary N) is 2. The van der Waals surface area contributed by atoms with Crippen molar-refractivity contribution in [2.75, 3.05) is 11.1 Å². The van der Waals surface area contributed by atoms with Gasteiger partial charge in [-0.15, -0.1) is 0 Å². The van der Waals surface area contributed by atoms with Gasteiger partial charge in [0.2, 0.25) is 5.91 Å². The second-order valence-electron chi connectivity index (χ2n) is 5.89. The highest BCUT2D eigenvalue weighted by molar-refractivity contribution is 7.99. The third kappa shape index (κ3) is 6.28. The lowest BCUT2D eigenvalue weighted by atomic mass is 10.1. The largest absolute Gasteiger partial charge is 0.417 e. The summed E-state index contributed by atoms with van der Waals surface area (Å²) in [7, 11) is 0. The number of alkyl halides is 3. The summed E-state index contributed by atoms with van der Waals surface area (Å²) in [5.74, 6) is -0.761. The Morgan fingerprint density at radius 3 is 2.44 bits per heavy atom. The van der Waals surface area contributed by atoms with Gasteiger partial charge in [-0.25, -0.2) is 4.98 Å². The molecule has 2 N–H and O–H groups in total. The summed E-state index contributed by atoms with van der Waals surface area (Å²) in [6, 6.07) is 8.65. The molecule has 0 radical (unpaired) electrons. The first-order valence-electron chi connectivity index (χ1n) is 8.02. The lowest BCUT2D eigenvalue weighted by Crippen LogP contribution is -2.31. The monoisotopic (exact) mass is 397 g/mol. The van der Waals surface area contributed by atoms with Gasteiger partial charge in [0.25, 0.3) is 5.91 Å². The van der Waals surface area contributed by atoms with E-state index in [1.165, 1.54) is 6.07 Å². The Labute approximate surface area is 158 Å². The highest BCUT2D eigenvalue weighted by atomic mass is 32.2. The number of amides is 2. The number of hydrogen-bond acceptors (Lipinski definition) is 4. The quantitative estimate of drug-likeness (QED) is 0.724. The normalized spacial score (nSPS) is 11.3. The zero-order valence-corrected chi connectivity index (χ0v) is 15.4. The van der Waals surface area contributed by atoms with Gasteiger partial charge in [-0.1, -0.05) is 23.9 Å². The number of carbonyl (C=O) groups is 2. The number of rotatable bonds is 6. The summed E-state index contributed by atoms with van der Waals surface area (Å²) in [6.07, 6.45) is -3.72. The molecule has 1 aromatic heterocycles. The van der Waals surface area contributed by atoms with E-state index < -0.39 is 17.6 Å². The zero-order chi connectivity index (χ0) is 20.0. The summed E-state index contributed by atoms with van der Waals surface area (Å²) < 4.78 is 37.5. The molecule has 0 bridgehead atoms. The molecule has 2 aromatic rings. The molecule has 0 fully saturated rings. The van der Waals surface area contributed by atoms with Crippen molar-refractivity contribution in [1.82, 2.24) is 10.3 Å². The fourth-order valence-electron chi connectivity index (χ4n) is 2.09. The Balaban J connectivity index is 1.97. The van der Waals surface area contributed by atoms with Crippen LogP contribution in [0.2, 0.25) is 0 Å². The average molecular weight is 397 g/mol. The first-order chi connectivity index (χ1) is 12.7. The molecule has 0 saturated carbocycles. The van der Waals surface area contributed by atoms with Crippen LogP contribution in [-0.4, -0.2) is 28.6 Å². The van der Waals surface area contributed by atoms with E-state index in [1.807, 2.05) is 13.8 Å². The SMILES string of the molecule is CC(C)NC(=O)c1ccccc1NC(=O)CSc1ccc(C(F)(F)F)cn1. The van der Waals surface area contributed by atoms with E-state index >= 15 is 0 Å². The molecule has 2 rings (SSSR count). The summed E-state index contributed by atoms with van der Waals surface area (Å²) in [5.41, 5.74) is -0.153. The van der Waals surface area contributed by atoms with Crippen LogP contribution < -0.4 is 10.6 Å². The summed E-state index contributed by atoms with van der Waals surface area (Å²) in [6.45, 7) is 3.65. The Bertz CT molecular complexity index is 808. The molecule has 0 aliphatic heterocycles. The number of para-hydroxylation sites is 1. The van der Waals surface area contributed by atoms with Crippen molar-refractivity contribution >= 4 is 29.3 Å². The fourth-order valence-corrected chi connectivity index (χ4v) is 2.73. The number of aromatic nitrogens is 1. The number of thioether (sulfide) groups is 1. The van der Waals surface area contributed by atoms with Crippen LogP contribution in [0.1, 0.15) is 29.8 Å². The molecule has 0 aliphatic rings. The van der Waals surface area contributed by atoms with Gasteiger partial charge in [0.15, 0.2) is 0 Å². The summed E-state index contributed by atoms with van der Waals surface area (Å²) in [5, 5.41) is 5.69. The second-order valence-corrected chi connectivity index (χ2v) is 6.89. The van der Waals surface area contributed by atoms with Crippen molar-refractivity contribution in [3.63, 3.8) is 0 Å². The van der Waals surface area contributed by atoms with Crippen molar-refractivity contribution < 1.29 is 22.8 Å². The highest BCUT2D eigenvalue weighted by Gasteiger charge is 2.30. The topological polar surface area (TPSA) is 71.1 Å². The van der Waals surface area contributed by atoms with Crippen molar-refractivity contribution in [3.8, 4) is 0 Å². The first kappa shape index (κ1) is 20.8. The van der Waals surface area contributed by atoms with Crippen LogP contribution in [0.25, 0.3) is 0 Å². The van der Waals surface area contributed by atoms with Gasteiger partial charge in [0.05, 0.1) is 27.6 Å². The first-order valence-corrected chi connectivity index (χ1v) is 9.01. The van der Waals surface area contributed by atoms with Gasteiger partial charge in [-0.05, 0) is 38.1 Å². The molecule has 0 atom stereocenters. The smallest absolute Gasteiger partial charge is 0.350 e. The number of nitrogens with zero attached hydrogens (tertiary/aromatic N) is 1. The Hall–Kier alpha value is -2.55. The number of benzene rings is 1. The van der Waals surface area contributed by atoms with Gasteiger partial charge in [0.1, 0.15) is 0 Å². The van der Waals surface area contributed by atoms with Crippen molar-refractivity contribution in [1.29, 1.82) is 0 Å². The molecule has 1 aromatic carbocycles. The molecule has 0 unspecified atom stereocenters. The molecular formula is C18H18F3N3O2S. The lowest BCUT2D eigenvalue weighted by molar-refractivity contribution is -0.137. The van der Waals surface area contributed by atoms with Crippen molar-refractivity contribution in [2.45, 2.75) is 31.1 Å². The molecule has 0 aliphatic carbocycles. The third-order valence-electron chi connectivity index (χ3n) is 3.28. The van der Waals surface area contributed by atoms with E-state index in [1.54, 1.807) is 24.3 Å². The predicted octanol–water partition coefficient (Wildman–Crippen LogP) is 3.97. The van der Waals surface area contributed by atoms with Crippen molar-refractivity contribution in [2.24, 2.45) is 0 Å². The lowest BCUT2D eigenvalue weighted by Gasteiger charge is -2.13. The molecule has 9 heteroatoms. The number of carbonyl (C=O) groups excluding carboxylic acids is 2. The van der Waals surface area contributed by atoms with Crippen LogP contribution in [0.5, 0.6) is 0 Å². The maximum absolute atomic E-state index is 12.5. The summed E-state index contributed by atoms with van der Waals surface area (Å²) in [4.78, 5) is 28.0. The fraction of sp³-hybridized carbons (Fsp3) is 0.278. The van der Waals surface area contributed by atoms with Crippen LogP contribution >= 0.6 is 11.8 Å². The third-order valence-corrected chi connectivity index (χ3v) is 4.22. The van der Waals surface area contributed by atoms with Gasteiger partial charge >= 0.3 is 6.18 Å². The van der Waals surface area contributed by atoms with Gasteiger partial charge < -0.3 is 10.6 Å². The van der Waals surface area contributed by atoms with Crippen LogP contribution in [0.3, 0.4) is 0 Å². The maximum Gasteiger partial charge on any atom is 0.417 e. The molecule has 5 nitrogen and oxygen atoms in total. The van der Waals surface area contributed by atoms with Crippen LogP contribution in [0.4, 0.5) is 18.9 Å². The van der Waals surface area contributed by atoms with E-state index in [2.05, 4.69) is 15.6 Å². The van der Waals surface area contributed by atoms with E-state index in [4.69, 9.17) is 0 Å². The van der Waals surface area contributed by atoms with E-state index in [0.29, 0.717) is 16.3 Å².